The van der Waals surface area contributed by atoms with Gasteiger partial charge in [-0.15, -0.1) is 0 Å². The van der Waals surface area contributed by atoms with Gasteiger partial charge >= 0.3 is 5.97 Å². The minimum absolute atomic E-state index is 0.206. The Morgan fingerprint density at radius 2 is 1.82 bits per heavy atom. The Bertz CT molecular complexity index is 1150. The molecule has 1 aromatic heterocycles. The number of carboxylic acid groups (broad SMARTS) is 1. The summed E-state index contributed by atoms with van der Waals surface area (Å²) in [6.45, 7) is 12.3. The fraction of sp³-hybridized carbons (Fsp3) is 0.656. The van der Waals surface area contributed by atoms with Crippen molar-refractivity contribution >= 4 is 22.6 Å². The highest BCUT2D eigenvalue weighted by Gasteiger charge is 2.34. The highest BCUT2D eigenvalue weighted by molar-refractivity contribution is 5.99. The molecule has 6 heteroatoms. The number of carbonyl (C=O) groups is 2. The van der Waals surface area contributed by atoms with Crippen molar-refractivity contribution in [2.75, 3.05) is 0 Å². The third-order valence-corrected chi connectivity index (χ3v) is 8.71. The first-order valence-corrected chi connectivity index (χ1v) is 14.6. The number of aromatic nitrogens is 1. The van der Waals surface area contributed by atoms with Crippen LogP contribution in [0.3, 0.4) is 0 Å². The number of amides is 1. The largest absolute Gasteiger partial charge is 0.490 e. The Hall–Kier alpha value is -2.63. The number of rotatable bonds is 8. The Morgan fingerprint density at radius 3 is 2.45 bits per heavy atom. The first kappa shape index (κ1) is 28.4. The van der Waals surface area contributed by atoms with E-state index < -0.39 is 23.3 Å². The predicted octanol–water partition coefficient (Wildman–Crippen LogP) is 7.04. The first-order chi connectivity index (χ1) is 17.9. The summed E-state index contributed by atoms with van der Waals surface area (Å²) in [5.41, 5.74) is 0.558. The van der Waals surface area contributed by atoms with E-state index in [-0.39, 0.29) is 11.8 Å². The van der Waals surface area contributed by atoms with Crippen LogP contribution in [0.15, 0.2) is 24.3 Å². The molecule has 38 heavy (non-hydrogen) atoms. The summed E-state index contributed by atoms with van der Waals surface area (Å²) in [6, 6.07) is 6.92. The molecule has 0 spiro atoms. The summed E-state index contributed by atoms with van der Waals surface area (Å²) in [5.74, 6) is 1.73. The fourth-order valence-corrected chi connectivity index (χ4v) is 6.41. The van der Waals surface area contributed by atoms with Crippen LogP contribution in [0.4, 0.5) is 0 Å². The van der Waals surface area contributed by atoms with E-state index >= 15 is 0 Å². The molecule has 6 nitrogen and oxygen atoms in total. The summed E-state index contributed by atoms with van der Waals surface area (Å²) in [5, 5.41) is 14.4. The van der Waals surface area contributed by atoms with Crippen LogP contribution in [0.1, 0.15) is 103 Å². The molecule has 2 aliphatic carbocycles. The molecule has 1 amide bonds. The Balaban J connectivity index is 1.67. The van der Waals surface area contributed by atoms with Crippen molar-refractivity contribution in [3.05, 3.63) is 35.7 Å². The zero-order valence-electron chi connectivity index (χ0n) is 24.0. The molecule has 0 bridgehead atoms. The molecule has 0 saturated heterocycles. The molecular formula is C32H46N2O4. The summed E-state index contributed by atoms with van der Waals surface area (Å²) >= 11 is 0. The van der Waals surface area contributed by atoms with E-state index in [4.69, 9.17) is 9.72 Å². The van der Waals surface area contributed by atoms with E-state index in [1.807, 2.05) is 32.9 Å². The van der Waals surface area contributed by atoms with E-state index in [0.717, 1.165) is 35.1 Å². The van der Waals surface area contributed by atoms with Gasteiger partial charge in [0.25, 0.3) is 5.91 Å². The molecule has 1 aromatic carbocycles. The van der Waals surface area contributed by atoms with Gasteiger partial charge in [0.15, 0.2) is 0 Å². The van der Waals surface area contributed by atoms with Crippen molar-refractivity contribution in [3.63, 3.8) is 0 Å². The second-order valence-corrected chi connectivity index (χ2v) is 13.3. The van der Waals surface area contributed by atoms with Gasteiger partial charge in [0.05, 0.1) is 0 Å². The van der Waals surface area contributed by atoms with Gasteiger partial charge in [-0.25, -0.2) is 9.78 Å². The highest BCUT2D eigenvalue weighted by atomic mass is 16.5. The molecular weight excluding hydrogens is 476 g/mol. The van der Waals surface area contributed by atoms with Crippen molar-refractivity contribution in [2.45, 2.75) is 105 Å². The van der Waals surface area contributed by atoms with Crippen molar-refractivity contribution in [2.24, 2.45) is 29.1 Å². The van der Waals surface area contributed by atoms with Gasteiger partial charge in [-0.1, -0.05) is 79.7 Å². The van der Waals surface area contributed by atoms with Gasteiger partial charge in [-0.05, 0) is 71.9 Å². The lowest BCUT2D eigenvalue weighted by Gasteiger charge is -2.37. The molecule has 0 aliphatic heterocycles. The maximum Gasteiger partial charge on any atom is 0.326 e. The predicted molar refractivity (Wildman–Crippen MR) is 152 cm³/mol. The highest BCUT2D eigenvalue weighted by Crippen LogP contribution is 2.37. The van der Waals surface area contributed by atoms with Crippen LogP contribution in [0.2, 0.25) is 0 Å². The third-order valence-electron chi connectivity index (χ3n) is 8.71. The molecule has 2 saturated carbocycles. The third kappa shape index (κ3) is 6.68. The standard InChI is InChI=1S/C32H46N2O4/c1-19(2)24-14-11-20(3)15-28(24)38-23-13-12-22-17-27(30(35)34-29(31(36)37)32(4,5)6)33-26(25(22)18-23)16-21-9-7-8-10-21/h12-13,17-21,24,28-29H,7-11,14-16H2,1-6H3,(H,34,35)(H,36,37)/t20-,24+,28+,29-/m0/s1. The number of aliphatic carboxylic acids is 1. The number of carbonyl (C=O) groups excluding carboxylic acids is 1. The molecule has 1 heterocycles. The van der Waals surface area contributed by atoms with Crippen molar-refractivity contribution < 1.29 is 19.4 Å². The number of ether oxygens (including phenoxy) is 1. The number of nitrogens with one attached hydrogen (secondary N) is 1. The normalized spacial score (nSPS) is 23.5. The Kier molecular flexibility index (Phi) is 8.68. The van der Waals surface area contributed by atoms with Crippen LogP contribution in [0.25, 0.3) is 10.8 Å². The fourth-order valence-electron chi connectivity index (χ4n) is 6.41. The lowest BCUT2D eigenvalue weighted by molar-refractivity contribution is -0.142. The average Bonchev–Trinajstić information content (AvgIpc) is 3.34. The summed E-state index contributed by atoms with van der Waals surface area (Å²) in [4.78, 5) is 29.9. The van der Waals surface area contributed by atoms with Crippen molar-refractivity contribution in [1.29, 1.82) is 0 Å². The Labute approximate surface area is 227 Å². The summed E-state index contributed by atoms with van der Waals surface area (Å²) in [6.07, 6.45) is 9.39. The molecule has 0 radical (unpaired) electrons. The zero-order chi connectivity index (χ0) is 27.6. The van der Waals surface area contributed by atoms with Gasteiger partial charge in [-0.2, -0.15) is 0 Å². The SMILES string of the molecule is CC(C)[C@H]1CC[C@H](C)C[C@H]1Oc1ccc2cc(C(=O)N[C@@H](C(=O)O)C(C)(C)C)nc(CC3CCCC3)c2c1. The monoisotopic (exact) mass is 522 g/mol. The Morgan fingerprint density at radius 1 is 1.11 bits per heavy atom. The van der Waals surface area contributed by atoms with Gasteiger partial charge in [-0.3, -0.25) is 4.79 Å². The van der Waals surface area contributed by atoms with Crippen molar-refractivity contribution in [1.82, 2.24) is 10.3 Å². The molecule has 2 fully saturated rings. The maximum absolute atomic E-state index is 13.2. The molecule has 208 valence electrons. The minimum Gasteiger partial charge on any atom is -0.490 e. The molecule has 2 aromatic rings. The minimum atomic E-state index is -1.05. The lowest BCUT2D eigenvalue weighted by Crippen LogP contribution is -2.49. The molecule has 4 atom stereocenters. The number of benzene rings is 1. The molecule has 2 N–H and O–H groups in total. The van der Waals surface area contributed by atoms with Crippen molar-refractivity contribution in [3.8, 4) is 5.75 Å². The van der Waals surface area contributed by atoms with E-state index in [0.29, 0.717) is 23.7 Å². The molecule has 4 rings (SSSR count). The van der Waals surface area contributed by atoms with Crippen LogP contribution in [0.5, 0.6) is 5.75 Å². The van der Waals surface area contributed by atoms with Crippen LogP contribution in [-0.4, -0.2) is 34.1 Å². The first-order valence-electron chi connectivity index (χ1n) is 14.6. The quantitative estimate of drug-likeness (QED) is 0.388. The number of pyridine rings is 1. The zero-order valence-corrected chi connectivity index (χ0v) is 24.0. The van der Waals surface area contributed by atoms with Gasteiger partial charge < -0.3 is 15.2 Å². The number of nitrogens with zero attached hydrogens (tertiary/aromatic N) is 1. The maximum atomic E-state index is 13.2. The number of carboxylic acids is 1. The van der Waals surface area contributed by atoms with Crippen LogP contribution < -0.4 is 10.1 Å². The number of hydrogen-bond acceptors (Lipinski definition) is 4. The molecule has 0 unspecified atom stereocenters. The van der Waals surface area contributed by atoms with Crippen LogP contribution >= 0.6 is 0 Å². The van der Waals surface area contributed by atoms with Gasteiger partial charge in [0.2, 0.25) is 0 Å². The lowest BCUT2D eigenvalue weighted by atomic mass is 9.75. The summed E-state index contributed by atoms with van der Waals surface area (Å²) in [7, 11) is 0. The van der Waals surface area contributed by atoms with Crippen LogP contribution in [0, 0.1) is 29.1 Å². The van der Waals surface area contributed by atoms with Crippen LogP contribution in [-0.2, 0) is 11.2 Å². The van der Waals surface area contributed by atoms with E-state index in [1.165, 1.54) is 38.5 Å². The topological polar surface area (TPSA) is 88.5 Å². The van der Waals surface area contributed by atoms with Gasteiger partial charge in [0.1, 0.15) is 23.6 Å². The van der Waals surface area contributed by atoms with E-state index in [2.05, 4.69) is 32.2 Å². The number of fused-ring (bicyclic) bond motifs is 1. The second-order valence-electron chi connectivity index (χ2n) is 13.3. The second kappa shape index (κ2) is 11.6. The smallest absolute Gasteiger partial charge is 0.326 e. The van der Waals surface area contributed by atoms with E-state index in [1.54, 1.807) is 6.07 Å². The van der Waals surface area contributed by atoms with E-state index in [9.17, 15) is 14.7 Å². The molecule has 2 aliphatic rings. The number of hydrogen-bond donors (Lipinski definition) is 2. The summed E-state index contributed by atoms with van der Waals surface area (Å²) < 4.78 is 6.65. The van der Waals surface area contributed by atoms with Gasteiger partial charge in [0, 0.05) is 11.1 Å². The average molecular weight is 523 g/mol.